The van der Waals surface area contributed by atoms with Crippen LogP contribution >= 0.6 is 11.6 Å². The zero-order valence-electron chi connectivity index (χ0n) is 9.94. The van der Waals surface area contributed by atoms with Gasteiger partial charge >= 0.3 is 0 Å². The van der Waals surface area contributed by atoms with E-state index in [-0.39, 0.29) is 16.5 Å². The van der Waals surface area contributed by atoms with Crippen LogP contribution in [-0.2, 0) is 16.6 Å². The van der Waals surface area contributed by atoms with E-state index in [1.165, 1.54) is 24.4 Å². The van der Waals surface area contributed by atoms with Crippen LogP contribution in [0.1, 0.15) is 11.3 Å². The zero-order chi connectivity index (χ0) is 14.0. The number of halogens is 2. The fourth-order valence-corrected chi connectivity index (χ4v) is 2.87. The molecule has 0 aliphatic carbocycles. The summed E-state index contributed by atoms with van der Waals surface area (Å²) in [6, 6.07) is 4.03. The number of benzene rings is 1. The third-order valence-corrected chi connectivity index (χ3v) is 4.33. The van der Waals surface area contributed by atoms with Gasteiger partial charge in [0.05, 0.1) is 16.9 Å². The lowest BCUT2D eigenvalue weighted by Gasteiger charge is -2.06. The van der Waals surface area contributed by atoms with Crippen molar-refractivity contribution < 1.29 is 12.8 Å². The second kappa shape index (κ2) is 5.28. The highest BCUT2D eigenvalue weighted by Gasteiger charge is 2.18. The Kier molecular flexibility index (Phi) is 3.88. The van der Waals surface area contributed by atoms with Crippen LogP contribution in [0.3, 0.4) is 0 Å². The number of H-pyrrole nitrogens is 1. The first-order valence-corrected chi connectivity index (χ1v) is 7.20. The van der Waals surface area contributed by atoms with E-state index in [0.717, 1.165) is 0 Å². The predicted octanol–water partition coefficient (Wildman–Crippen LogP) is 1.99. The summed E-state index contributed by atoms with van der Waals surface area (Å²) in [6.07, 6.45) is 1.23. The Morgan fingerprint density at radius 1 is 1.47 bits per heavy atom. The molecule has 0 saturated carbocycles. The first-order valence-electron chi connectivity index (χ1n) is 5.34. The first-order chi connectivity index (χ1) is 8.90. The van der Waals surface area contributed by atoms with Crippen LogP contribution < -0.4 is 4.72 Å². The molecule has 1 aromatic heterocycles. The van der Waals surface area contributed by atoms with Gasteiger partial charge in [0.25, 0.3) is 0 Å². The summed E-state index contributed by atoms with van der Waals surface area (Å²) in [5.74, 6) is -0.543. The van der Waals surface area contributed by atoms with E-state index in [2.05, 4.69) is 14.9 Å². The van der Waals surface area contributed by atoms with Crippen molar-refractivity contribution in [1.82, 2.24) is 14.9 Å². The molecule has 0 unspecified atom stereocenters. The predicted molar refractivity (Wildman–Crippen MR) is 68.8 cm³/mol. The Morgan fingerprint density at radius 2 is 2.21 bits per heavy atom. The second-order valence-electron chi connectivity index (χ2n) is 3.93. The van der Waals surface area contributed by atoms with E-state index in [1.807, 2.05) is 0 Å². The van der Waals surface area contributed by atoms with Crippen LogP contribution in [0, 0.1) is 12.7 Å². The number of aromatic amines is 1. The fraction of sp³-hybridized carbons (Fsp3) is 0.182. The van der Waals surface area contributed by atoms with Crippen LogP contribution in [-0.4, -0.2) is 18.6 Å². The molecule has 0 spiro atoms. The summed E-state index contributed by atoms with van der Waals surface area (Å²) in [7, 11) is -3.65. The summed E-state index contributed by atoms with van der Waals surface area (Å²) in [5.41, 5.74) is 1.01. The van der Waals surface area contributed by atoms with Gasteiger partial charge in [-0.15, -0.1) is 0 Å². The van der Waals surface area contributed by atoms with Gasteiger partial charge in [0.15, 0.2) is 0 Å². The first kappa shape index (κ1) is 14.0. The molecule has 0 radical (unpaired) electrons. The van der Waals surface area contributed by atoms with Gasteiger partial charge < -0.3 is 0 Å². The van der Waals surface area contributed by atoms with E-state index < -0.39 is 15.8 Å². The highest BCUT2D eigenvalue weighted by Crippen LogP contribution is 2.17. The molecule has 0 amide bonds. The lowest BCUT2D eigenvalue weighted by atomic mass is 10.2. The summed E-state index contributed by atoms with van der Waals surface area (Å²) in [5, 5.41) is 6.16. The van der Waals surface area contributed by atoms with E-state index in [1.54, 1.807) is 6.92 Å². The molecule has 0 saturated heterocycles. The maximum Gasteiger partial charge on any atom is 0.244 e. The number of sulfonamides is 1. The van der Waals surface area contributed by atoms with Gasteiger partial charge in [0.2, 0.25) is 10.0 Å². The Hall–Kier alpha value is -1.44. The number of rotatable bonds is 4. The van der Waals surface area contributed by atoms with Crippen molar-refractivity contribution in [2.45, 2.75) is 18.4 Å². The molecule has 2 N–H and O–H groups in total. The van der Waals surface area contributed by atoms with Crippen LogP contribution in [0.15, 0.2) is 29.3 Å². The van der Waals surface area contributed by atoms with E-state index in [9.17, 15) is 12.8 Å². The van der Waals surface area contributed by atoms with Crippen molar-refractivity contribution in [3.05, 3.63) is 46.5 Å². The summed E-state index contributed by atoms with van der Waals surface area (Å²) >= 11 is 5.62. The molecule has 2 aromatic rings. The standard InChI is InChI=1S/C11H11ClFN3O2S/c1-7-11(6-14-16-7)19(17,18)15-5-8-2-3-10(13)9(12)4-8/h2-4,6,15H,5H2,1H3,(H,14,16). The Bertz CT molecular complexity index is 700. The molecule has 1 aromatic carbocycles. The van der Waals surface area contributed by atoms with Crippen molar-refractivity contribution in [1.29, 1.82) is 0 Å². The van der Waals surface area contributed by atoms with Gasteiger partial charge in [-0.1, -0.05) is 17.7 Å². The normalized spacial score (nSPS) is 11.7. The van der Waals surface area contributed by atoms with Crippen molar-refractivity contribution in [2.24, 2.45) is 0 Å². The van der Waals surface area contributed by atoms with Gasteiger partial charge in [-0.2, -0.15) is 5.10 Å². The molecule has 0 bridgehead atoms. The molecule has 0 aliphatic rings. The Labute approximate surface area is 114 Å². The lowest BCUT2D eigenvalue weighted by molar-refractivity contribution is 0.580. The maximum absolute atomic E-state index is 13.0. The number of hydrogen-bond donors (Lipinski definition) is 2. The van der Waals surface area contributed by atoms with Crippen LogP contribution in [0.2, 0.25) is 5.02 Å². The minimum atomic E-state index is -3.65. The molecule has 8 heteroatoms. The van der Waals surface area contributed by atoms with Crippen molar-refractivity contribution in [3.8, 4) is 0 Å². The average molecular weight is 304 g/mol. The number of aryl methyl sites for hydroxylation is 1. The Balaban J connectivity index is 2.14. The van der Waals surface area contributed by atoms with E-state index in [4.69, 9.17) is 11.6 Å². The van der Waals surface area contributed by atoms with Gasteiger partial charge in [0, 0.05) is 6.54 Å². The van der Waals surface area contributed by atoms with Crippen molar-refractivity contribution in [3.63, 3.8) is 0 Å². The summed E-state index contributed by atoms with van der Waals surface area (Å²) < 4.78 is 39.3. The highest BCUT2D eigenvalue weighted by atomic mass is 35.5. The molecular formula is C11H11ClFN3O2S. The van der Waals surface area contributed by atoms with Crippen molar-refractivity contribution >= 4 is 21.6 Å². The number of aromatic nitrogens is 2. The quantitative estimate of drug-likeness (QED) is 0.907. The van der Waals surface area contributed by atoms with Crippen LogP contribution in [0.25, 0.3) is 0 Å². The van der Waals surface area contributed by atoms with Crippen LogP contribution in [0.5, 0.6) is 0 Å². The third kappa shape index (κ3) is 3.12. The molecule has 19 heavy (non-hydrogen) atoms. The van der Waals surface area contributed by atoms with Gasteiger partial charge in [0.1, 0.15) is 10.7 Å². The molecule has 0 fully saturated rings. The minimum absolute atomic E-state index is 0.0208. The summed E-state index contributed by atoms with van der Waals surface area (Å²) in [4.78, 5) is 0.0840. The molecule has 102 valence electrons. The number of hydrogen-bond acceptors (Lipinski definition) is 3. The fourth-order valence-electron chi connectivity index (χ4n) is 1.52. The van der Waals surface area contributed by atoms with Gasteiger partial charge in [-0.3, -0.25) is 5.10 Å². The topological polar surface area (TPSA) is 74.8 Å². The van der Waals surface area contributed by atoms with E-state index >= 15 is 0 Å². The molecule has 1 heterocycles. The largest absolute Gasteiger partial charge is 0.281 e. The molecule has 0 atom stereocenters. The molecule has 0 aliphatic heterocycles. The Morgan fingerprint density at radius 3 is 2.79 bits per heavy atom. The number of nitrogens with one attached hydrogen (secondary N) is 2. The van der Waals surface area contributed by atoms with Gasteiger partial charge in [-0.05, 0) is 24.6 Å². The summed E-state index contributed by atoms with van der Waals surface area (Å²) in [6.45, 7) is 1.63. The zero-order valence-corrected chi connectivity index (χ0v) is 11.5. The average Bonchev–Trinajstić information content (AvgIpc) is 2.78. The number of nitrogens with zero attached hydrogens (tertiary/aromatic N) is 1. The maximum atomic E-state index is 13.0. The lowest BCUT2D eigenvalue weighted by Crippen LogP contribution is -2.23. The SMILES string of the molecule is Cc1[nH]ncc1S(=O)(=O)NCc1ccc(F)c(Cl)c1. The van der Waals surface area contributed by atoms with Crippen LogP contribution in [0.4, 0.5) is 4.39 Å². The monoisotopic (exact) mass is 303 g/mol. The molecule has 2 rings (SSSR count). The molecular weight excluding hydrogens is 293 g/mol. The second-order valence-corrected chi connectivity index (χ2v) is 6.07. The third-order valence-electron chi connectivity index (χ3n) is 2.52. The van der Waals surface area contributed by atoms with E-state index in [0.29, 0.717) is 11.3 Å². The highest BCUT2D eigenvalue weighted by molar-refractivity contribution is 7.89. The minimum Gasteiger partial charge on any atom is -0.281 e. The van der Waals surface area contributed by atoms with Crippen molar-refractivity contribution in [2.75, 3.05) is 0 Å². The van der Waals surface area contributed by atoms with Gasteiger partial charge in [-0.25, -0.2) is 17.5 Å². The smallest absolute Gasteiger partial charge is 0.244 e. The molecule has 5 nitrogen and oxygen atoms in total.